The second kappa shape index (κ2) is 10.2. The number of hydrogen-bond donors (Lipinski definition) is 5. The van der Waals surface area contributed by atoms with E-state index in [1.807, 2.05) is 0 Å². The number of nitrogens with zero attached hydrogens (tertiary/aromatic N) is 3. The molecule has 0 radical (unpaired) electrons. The van der Waals surface area contributed by atoms with Crippen LogP contribution in [0, 0.1) is 0 Å². The number of aromatic nitrogens is 1. The Balaban J connectivity index is 2.24. The highest BCUT2D eigenvalue weighted by molar-refractivity contribution is 7.83. The van der Waals surface area contributed by atoms with Crippen LogP contribution in [0.25, 0.3) is 0 Å². The third-order valence-corrected chi connectivity index (χ3v) is 6.19. The third kappa shape index (κ3) is 5.38. The Morgan fingerprint density at radius 3 is 2.70 bits per heavy atom. The normalized spacial score (nSPS) is 23.4. The van der Waals surface area contributed by atoms with Crippen molar-refractivity contribution in [2.24, 2.45) is 5.16 Å². The summed E-state index contributed by atoms with van der Waals surface area (Å²) in [5.41, 5.74) is -0.250. The van der Waals surface area contributed by atoms with Gasteiger partial charge in [-0.2, -0.15) is 21.0 Å². The van der Waals surface area contributed by atoms with Gasteiger partial charge in [0.2, 0.25) is 5.91 Å². The maximum atomic E-state index is 12.8. The van der Waals surface area contributed by atoms with Gasteiger partial charge in [0.05, 0.1) is 12.1 Å². The quantitative estimate of drug-likeness (QED) is 0.0759. The molecular formula is C13H18ClN5O8S3. The molecule has 2 rings (SSSR count). The maximum Gasteiger partial charge on any atom is 0.338 e. The number of halogens is 1. The van der Waals surface area contributed by atoms with E-state index in [4.69, 9.17) is 16.9 Å². The Morgan fingerprint density at radius 2 is 2.20 bits per heavy atom. The van der Waals surface area contributed by atoms with Gasteiger partial charge in [0.1, 0.15) is 18.7 Å². The van der Waals surface area contributed by atoms with Gasteiger partial charge in [-0.3, -0.25) is 19.4 Å². The van der Waals surface area contributed by atoms with Crippen LogP contribution in [-0.2, 0) is 29.6 Å². The van der Waals surface area contributed by atoms with Crippen LogP contribution >= 0.6 is 35.6 Å². The first-order valence-electron chi connectivity index (χ1n) is 8.03. The predicted molar refractivity (Wildman–Crippen MR) is 110 cm³/mol. The zero-order valence-electron chi connectivity index (χ0n) is 15.4. The molecular weight excluding hydrogens is 486 g/mol. The highest BCUT2D eigenvalue weighted by Gasteiger charge is 2.58. The second-order valence-corrected chi connectivity index (χ2v) is 9.13. The van der Waals surface area contributed by atoms with Crippen LogP contribution in [0.5, 0.6) is 0 Å². The summed E-state index contributed by atoms with van der Waals surface area (Å²) in [5, 5.41) is 18.5. The number of nitrogens with one attached hydrogen (secondary N) is 2. The fourth-order valence-corrected chi connectivity index (χ4v) is 4.98. The fourth-order valence-electron chi connectivity index (χ4n) is 2.73. The first-order valence-corrected chi connectivity index (χ1v) is 11.4. The van der Waals surface area contributed by atoms with Crippen molar-refractivity contribution >= 4 is 68.5 Å². The Kier molecular flexibility index (Phi) is 8.40. The summed E-state index contributed by atoms with van der Waals surface area (Å²) in [7, 11) is -3.56. The van der Waals surface area contributed by atoms with Crippen LogP contribution in [0.4, 0.5) is 5.13 Å². The van der Waals surface area contributed by atoms with Gasteiger partial charge in [-0.05, 0) is 0 Å². The number of thiol groups is 1. The van der Waals surface area contributed by atoms with Gasteiger partial charge < -0.3 is 15.5 Å². The molecule has 4 unspecified atom stereocenters. The summed E-state index contributed by atoms with van der Waals surface area (Å²) >= 11 is 10.6. The summed E-state index contributed by atoms with van der Waals surface area (Å²) < 4.78 is 32.9. The first-order chi connectivity index (χ1) is 14.0. The molecule has 4 atom stereocenters. The molecule has 0 aliphatic carbocycles. The standard InChI is InChI=1S/C13H18ClN5O8S3/c1-5(28)10-9(12(27-22)19(10)30(23,24)25)17-11(21)8(18-26-2)6-4-29-13(15-6)16-7(20)3-14/h4-5,9-10,12,22,28H,3H2,1-2H3,(H,17,21)(H,15,16,20)(H,23,24,25). The monoisotopic (exact) mass is 503 g/mol. The smallest absolute Gasteiger partial charge is 0.338 e. The van der Waals surface area contributed by atoms with E-state index in [0.29, 0.717) is 4.31 Å². The molecule has 30 heavy (non-hydrogen) atoms. The topological polar surface area (TPSA) is 180 Å². The lowest BCUT2D eigenvalue weighted by Crippen LogP contribution is -2.77. The first kappa shape index (κ1) is 24.7. The molecule has 13 nitrogen and oxygen atoms in total. The van der Waals surface area contributed by atoms with E-state index in [1.165, 1.54) is 19.4 Å². The number of hydrogen-bond acceptors (Lipinski definition) is 11. The van der Waals surface area contributed by atoms with E-state index < -0.39 is 45.7 Å². The second-order valence-electron chi connectivity index (χ2n) is 5.88. The highest BCUT2D eigenvalue weighted by atomic mass is 35.5. The van der Waals surface area contributed by atoms with Crippen LogP contribution in [-0.4, -0.2) is 81.6 Å². The summed E-state index contributed by atoms with van der Waals surface area (Å²) in [6.07, 6.45) is -1.60. The van der Waals surface area contributed by atoms with Crippen LogP contribution in [0.1, 0.15) is 12.6 Å². The molecule has 17 heteroatoms. The van der Waals surface area contributed by atoms with Gasteiger partial charge in [-0.1, -0.05) is 12.1 Å². The van der Waals surface area contributed by atoms with Crippen molar-refractivity contribution < 1.29 is 37.5 Å². The third-order valence-electron chi connectivity index (χ3n) is 3.90. The van der Waals surface area contributed by atoms with E-state index in [2.05, 4.69) is 43.1 Å². The molecule has 168 valence electrons. The minimum Gasteiger partial charge on any atom is -0.398 e. The van der Waals surface area contributed by atoms with Crippen molar-refractivity contribution in [1.82, 2.24) is 14.6 Å². The van der Waals surface area contributed by atoms with Crippen molar-refractivity contribution in [2.45, 2.75) is 30.5 Å². The molecule has 1 aliphatic heterocycles. The highest BCUT2D eigenvalue weighted by Crippen LogP contribution is 2.34. The van der Waals surface area contributed by atoms with Gasteiger partial charge >= 0.3 is 10.3 Å². The lowest BCUT2D eigenvalue weighted by Gasteiger charge is -2.51. The van der Waals surface area contributed by atoms with E-state index >= 15 is 0 Å². The average Bonchev–Trinajstić information content (AvgIpc) is 3.09. The summed E-state index contributed by atoms with van der Waals surface area (Å²) in [6, 6.07) is -2.13. The molecule has 1 aliphatic rings. The summed E-state index contributed by atoms with van der Waals surface area (Å²) in [6.45, 7) is 1.52. The Morgan fingerprint density at radius 1 is 1.53 bits per heavy atom. The lowest BCUT2D eigenvalue weighted by molar-refractivity contribution is -0.339. The number of amides is 2. The number of thiazole rings is 1. The average molecular weight is 504 g/mol. The van der Waals surface area contributed by atoms with Crippen molar-refractivity contribution in [1.29, 1.82) is 0 Å². The van der Waals surface area contributed by atoms with Crippen molar-refractivity contribution in [3.05, 3.63) is 11.1 Å². The van der Waals surface area contributed by atoms with Crippen LogP contribution in [0.15, 0.2) is 10.5 Å². The van der Waals surface area contributed by atoms with E-state index in [0.717, 1.165) is 11.3 Å². The Labute approximate surface area is 185 Å². The van der Waals surface area contributed by atoms with E-state index in [-0.39, 0.29) is 22.4 Å². The number of rotatable bonds is 9. The molecule has 0 bridgehead atoms. The summed E-state index contributed by atoms with van der Waals surface area (Å²) in [5.74, 6) is -1.63. The van der Waals surface area contributed by atoms with Crippen molar-refractivity contribution in [2.75, 3.05) is 18.3 Å². The SMILES string of the molecule is CON=C(C(=O)NC1C(OO)N(S(=O)(=O)O)C1C(C)S)c1csc(NC(=O)CCl)n1. The number of alkyl halides is 1. The van der Waals surface area contributed by atoms with Crippen LogP contribution in [0.2, 0.25) is 0 Å². The van der Waals surface area contributed by atoms with Crippen LogP contribution < -0.4 is 10.6 Å². The fraction of sp³-hybridized carbons (Fsp3) is 0.538. The molecule has 0 saturated carbocycles. The Bertz CT molecular complexity index is 924. The lowest BCUT2D eigenvalue weighted by atomic mass is 9.94. The van der Waals surface area contributed by atoms with Gasteiger partial charge in [0.25, 0.3) is 5.91 Å². The van der Waals surface area contributed by atoms with Gasteiger partial charge in [-0.15, -0.1) is 27.2 Å². The maximum absolute atomic E-state index is 12.8. The molecule has 0 spiro atoms. The molecule has 1 saturated heterocycles. The minimum atomic E-state index is -4.75. The van der Waals surface area contributed by atoms with Gasteiger partial charge in [0, 0.05) is 10.6 Å². The van der Waals surface area contributed by atoms with Crippen LogP contribution in [0.3, 0.4) is 0 Å². The number of anilines is 1. The number of carbonyl (C=O) groups excluding carboxylic acids is 2. The van der Waals surface area contributed by atoms with Crippen molar-refractivity contribution in [3.63, 3.8) is 0 Å². The zero-order valence-corrected chi connectivity index (χ0v) is 18.7. The number of carbonyl (C=O) groups is 2. The molecule has 4 N–H and O–H groups in total. The van der Waals surface area contributed by atoms with Gasteiger partial charge in [0.15, 0.2) is 17.1 Å². The Hall–Kier alpha value is -1.53. The number of oxime groups is 1. The molecule has 2 amide bonds. The summed E-state index contributed by atoms with van der Waals surface area (Å²) in [4.78, 5) is 37.0. The molecule has 1 fully saturated rings. The van der Waals surface area contributed by atoms with E-state index in [9.17, 15) is 22.6 Å². The molecule has 2 heterocycles. The minimum absolute atomic E-state index is 0.0483. The molecule has 1 aromatic rings. The zero-order chi connectivity index (χ0) is 22.6. The largest absolute Gasteiger partial charge is 0.398 e. The van der Waals surface area contributed by atoms with E-state index in [1.54, 1.807) is 0 Å². The predicted octanol–water partition coefficient (Wildman–Crippen LogP) is -0.223. The van der Waals surface area contributed by atoms with Gasteiger partial charge in [-0.25, -0.2) is 9.87 Å². The van der Waals surface area contributed by atoms with Crippen molar-refractivity contribution in [3.8, 4) is 0 Å². The molecule has 0 aromatic carbocycles. The molecule has 1 aromatic heterocycles.